The highest BCUT2D eigenvalue weighted by Gasteiger charge is 2.47. The van der Waals surface area contributed by atoms with Gasteiger partial charge in [-0.25, -0.2) is 0 Å². The van der Waals surface area contributed by atoms with Gasteiger partial charge in [0.1, 0.15) is 0 Å². The van der Waals surface area contributed by atoms with Crippen molar-refractivity contribution >= 4 is 21.6 Å². The second kappa shape index (κ2) is 7.89. The van der Waals surface area contributed by atoms with Crippen LogP contribution in [-0.4, -0.2) is 38.4 Å². The lowest BCUT2D eigenvalue weighted by Gasteiger charge is -2.41. The lowest BCUT2D eigenvalue weighted by molar-refractivity contribution is -0.132. The lowest BCUT2D eigenvalue weighted by Crippen LogP contribution is -2.45. The zero-order valence-corrected chi connectivity index (χ0v) is 16.8. The predicted octanol–water partition coefficient (Wildman–Crippen LogP) is 3.77. The van der Waals surface area contributed by atoms with Gasteiger partial charge in [-0.1, -0.05) is 31.0 Å². The van der Waals surface area contributed by atoms with Crippen LogP contribution in [0.4, 0.5) is 18.9 Å². The molecule has 6 nitrogen and oxygen atoms in total. The second-order valence-corrected chi connectivity index (χ2v) is 9.11. The monoisotopic (exact) mass is 432 g/mol. The number of hydrogen-bond donors (Lipinski definition) is 1. The number of ether oxygens (including phenoxy) is 1. The Morgan fingerprint density at radius 2 is 1.86 bits per heavy atom. The van der Waals surface area contributed by atoms with E-state index >= 15 is 0 Å². The number of benzene rings is 1. The minimum absolute atomic E-state index is 0.00742. The van der Waals surface area contributed by atoms with E-state index < -0.39 is 15.5 Å². The van der Waals surface area contributed by atoms with Gasteiger partial charge in [-0.05, 0) is 30.9 Å². The summed E-state index contributed by atoms with van der Waals surface area (Å²) >= 11 is 0. The van der Waals surface area contributed by atoms with E-state index in [4.69, 9.17) is 4.74 Å². The fourth-order valence-corrected chi connectivity index (χ4v) is 4.77. The van der Waals surface area contributed by atoms with Crippen molar-refractivity contribution in [3.63, 3.8) is 0 Å². The number of sulfonamides is 1. The lowest BCUT2D eigenvalue weighted by atomic mass is 9.73. The molecule has 1 saturated heterocycles. The highest BCUT2D eigenvalue weighted by atomic mass is 32.2. The molecular formula is C19H23F3N2O4S. The third-order valence-electron chi connectivity index (χ3n) is 5.67. The van der Waals surface area contributed by atoms with Crippen LogP contribution in [0.1, 0.15) is 37.7 Å². The molecule has 1 saturated carbocycles. The molecule has 0 radical (unpaired) electrons. The van der Waals surface area contributed by atoms with Crippen molar-refractivity contribution in [1.29, 1.82) is 0 Å². The minimum Gasteiger partial charge on any atom is -0.504 e. The van der Waals surface area contributed by atoms with Crippen LogP contribution < -0.4 is 4.72 Å². The van der Waals surface area contributed by atoms with Crippen molar-refractivity contribution in [3.05, 3.63) is 41.7 Å². The summed E-state index contributed by atoms with van der Waals surface area (Å²) in [5.74, 6) is -0.228. The number of piperidine rings is 1. The topological polar surface area (TPSA) is 75.7 Å². The number of carbonyl (C=O) groups is 1. The number of likely N-dealkylation sites (tertiary alicyclic amines) is 1. The third-order valence-corrected chi connectivity index (χ3v) is 6.77. The van der Waals surface area contributed by atoms with Gasteiger partial charge in [-0.2, -0.15) is 21.6 Å². The summed E-state index contributed by atoms with van der Waals surface area (Å²) in [5.41, 5.74) is -4.97. The van der Waals surface area contributed by atoms with Crippen LogP contribution in [0.25, 0.3) is 0 Å². The standard InChI is InChI=1S/C19H23F3N2O4S/c1-28-13-15-17(25)24(11-10-18(15)8-4-5-9-18)12-14-6-2-3-7-16(14)23-29(26,27)19(20,21)22/h2-3,6-7,13,23H,4-5,8-12H2,1H3/b15-13-. The first-order valence-corrected chi connectivity index (χ1v) is 10.8. The molecule has 3 rings (SSSR count). The maximum absolute atomic E-state index is 13.1. The Labute approximate surface area is 167 Å². The van der Waals surface area contributed by atoms with Crippen LogP contribution in [0.5, 0.6) is 0 Å². The molecule has 0 unspecified atom stereocenters. The molecule has 2 fully saturated rings. The van der Waals surface area contributed by atoms with Crippen molar-refractivity contribution in [3.8, 4) is 0 Å². The predicted molar refractivity (Wildman–Crippen MR) is 101 cm³/mol. The molecule has 2 aliphatic rings. The summed E-state index contributed by atoms with van der Waals surface area (Å²) in [6, 6.07) is 5.76. The quantitative estimate of drug-likeness (QED) is 0.568. The van der Waals surface area contributed by atoms with Crippen molar-refractivity contribution in [2.24, 2.45) is 5.41 Å². The number of nitrogens with zero attached hydrogens (tertiary/aromatic N) is 1. The van der Waals surface area contributed by atoms with Gasteiger partial charge in [0.25, 0.3) is 5.91 Å². The average Bonchev–Trinajstić information content (AvgIpc) is 3.11. The highest BCUT2D eigenvalue weighted by Crippen LogP contribution is 2.50. The average molecular weight is 432 g/mol. The first-order valence-electron chi connectivity index (χ1n) is 9.29. The summed E-state index contributed by atoms with van der Waals surface area (Å²) in [7, 11) is -4.07. The van der Waals surface area contributed by atoms with E-state index in [1.165, 1.54) is 36.5 Å². The summed E-state index contributed by atoms with van der Waals surface area (Å²) in [4.78, 5) is 14.6. The number of para-hydroxylation sites is 1. The van der Waals surface area contributed by atoms with Crippen LogP contribution in [0.2, 0.25) is 0 Å². The largest absolute Gasteiger partial charge is 0.516 e. The zero-order chi connectivity index (χ0) is 21.3. The Morgan fingerprint density at radius 1 is 1.21 bits per heavy atom. The van der Waals surface area contributed by atoms with E-state index in [-0.39, 0.29) is 29.1 Å². The molecule has 1 aromatic rings. The van der Waals surface area contributed by atoms with Crippen LogP contribution in [0, 0.1) is 5.41 Å². The number of hydrogen-bond acceptors (Lipinski definition) is 4. The van der Waals surface area contributed by atoms with Gasteiger partial charge < -0.3 is 9.64 Å². The Morgan fingerprint density at radius 3 is 2.48 bits per heavy atom. The molecule has 29 heavy (non-hydrogen) atoms. The maximum atomic E-state index is 13.1. The number of alkyl halides is 3. The minimum atomic E-state index is -5.55. The fraction of sp³-hybridized carbons (Fsp3) is 0.526. The van der Waals surface area contributed by atoms with E-state index in [2.05, 4.69) is 0 Å². The molecule has 1 N–H and O–H groups in total. The molecule has 1 heterocycles. The van der Waals surface area contributed by atoms with Crippen molar-refractivity contribution < 1.29 is 31.1 Å². The number of carbonyl (C=O) groups excluding carboxylic acids is 1. The normalized spacial score (nSPS) is 21.0. The van der Waals surface area contributed by atoms with Crippen LogP contribution in [-0.2, 0) is 26.1 Å². The smallest absolute Gasteiger partial charge is 0.504 e. The SMILES string of the molecule is CO/C=C1/C(=O)N(Cc2ccccc2NS(=O)(=O)C(F)(F)F)CCC12CCCC2. The molecule has 160 valence electrons. The molecule has 1 spiro atoms. The van der Waals surface area contributed by atoms with Gasteiger partial charge in [-0.3, -0.25) is 9.52 Å². The summed E-state index contributed by atoms with van der Waals surface area (Å²) in [6.07, 6.45) is 6.10. The van der Waals surface area contributed by atoms with Crippen molar-refractivity contribution in [1.82, 2.24) is 4.90 Å². The Hall–Kier alpha value is -2.23. The van der Waals surface area contributed by atoms with Crippen LogP contribution >= 0.6 is 0 Å². The highest BCUT2D eigenvalue weighted by molar-refractivity contribution is 7.93. The second-order valence-electron chi connectivity index (χ2n) is 7.44. The van der Waals surface area contributed by atoms with E-state index in [0.717, 1.165) is 32.1 Å². The maximum Gasteiger partial charge on any atom is 0.516 e. The molecule has 1 amide bonds. The Bertz CT molecular complexity index is 906. The van der Waals surface area contributed by atoms with Gasteiger partial charge in [0.15, 0.2) is 0 Å². The molecule has 1 aliphatic heterocycles. The molecule has 1 aliphatic carbocycles. The van der Waals surface area contributed by atoms with Crippen molar-refractivity contribution in [2.75, 3.05) is 18.4 Å². The molecule has 0 atom stereocenters. The fourth-order valence-electron chi connectivity index (χ4n) is 4.16. The third kappa shape index (κ3) is 4.22. The molecular weight excluding hydrogens is 409 g/mol. The first-order chi connectivity index (χ1) is 13.6. The molecule has 0 bridgehead atoms. The zero-order valence-electron chi connectivity index (χ0n) is 16.0. The van der Waals surface area contributed by atoms with E-state index in [0.29, 0.717) is 12.1 Å². The van der Waals surface area contributed by atoms with Crippen LogP contribution in [0.15, 0.2) is 36.1 Å². The molecule has 1 aromatic carbocycles. The van der Waals surface area contributed by atoms with Gasteiger partial charge in [-0.15, -0.1) is 0 Å². The summed E-state index contributed by atoms with van der Waals surface area (Å²) < 4.78 is 67.9. The van der Waals surface area contributed by atoms with Gasteiger partial charge in [0.05, 0.1) is 24.6 Å². The van der Waals surface area contributed by atoms with Crippen LogP contribution in [0.3, 0.4) is 0 Å². The Kier molecular flexibility index (Phi) is 5.84. The van der Waals surface area contributed by atoms with Crippen molar-refractivity contribution in [2.45, 2.75) is 44.2 Å². The molecule has 0 aromatic heterocycles. The number of anilines is 1. The number of amides is 1. The van der Waals surface area contributed by atoms with E-state index in [1.807, 2.05) is 0 Å². The number of methoxy groups -OCH3 is 1. The number of halogens is 3. The number of nitrogens with one attached hydrogen (secondary N) is 1. The van der Waals surface area contributed by atoms with Gasteiger partial charge in [0, 0.05) is 18.5 Å². The van der Waals surface area contributed by atoms with Gasteiger partial charge in [0.2, 0.25) is 0 Å². The summed E-state index contributed by atoms with van der Waals surface area (Å²) in [5, 5.41) is 0. The number of rotatable bonds is 5. The summed E-state index contributed by atoms with van der Waals surface area (Å²) in [6.45, 7) is 0.437. The Balaban J connectivity index is 1.84. The van der Waals surface area contributed by atoms with Gasteiger partial charge >= 0.3 is 15.5 Å². The first kappa shape index (κ1) is 21.5. The van der Waals surface area contributed by atoms with E-state index in [9.17, 15) is 26.4 Å². The molecule has 10 heteroatoms. The van der Waals surface area contributed by atoms with E-state index in [1.54, 1.807) is 10.8 Å².